The Morgan fingerprint density at radius 2 is 1.65 bits per heavy atom. The van der Waals surface area contributed by atoms with E-state index in [1.54, 1.807) is 13.0 Å². The summed E-state index contributed by atoms with van der Waals surface area (Å²) in [5.41, 5.74) is 2.13. The minimum atomic E-state index is -0.847. The van der Waals surface area contributed by atoms with Crippen molar-refractivity contribution < 1.29 is 19.4 Å². The molecule has 0 fully saturated rings. The lowest BCUT2D eigenvalue weighted by molar-refractivity contribution is 0.196. The second-order valence-electron chi connectivity index (χ2n) is 8.11. The molecule has 10 nitrogen and oxygen atoms in total. The van der Waals surface area contributed by atoms with E-state index in [9.17, 15) is 19.5 Å². The molecule has 4 N–H and O–H groups in total. The third kappa shape index (κ3) is 6.04. The first-order valence-electron chi connectivity index (χ1n) is 11.8. The first kappa shape index (κ1) is 25.2. The lowest BCUT2D eigenvalue weighted by atomic mass is 10.0. The lowest BCUT2D eigenvalue weighted by Crippen LogP contribution is -2.40. The second kappa shape index (κ2) is 11.7. The molecule has 0 aliphatic rings. The Bertz CT molecular complexity index is 1460. The minimum Gasteiger partial charge on any atom is -0.503 e. The molecule has 190 valence electrons. The fraction of sp³-hybridized carbons (Fsp3) is 0.185. The number of pyridine rings is 2. The molecule has 37 heavy (non-hydrogen) atoms. The fourth-order valence-corrected chi connectivity index (χ4v) is 3.81. The van der Waals surface area contributed by atoms with Crippen molar-refractivity contribution in [2.24, 2.45) is 0 Å². The molecule has 2 heterocycles. The van der Waals surface area contributed by atoms with Gasteiger partial charge in [-0.05, 0) is 24.1 Å². The van der Waals surface area contributed by atoms with Crippen molar-refractivity contribution >= 4 is 23.0 Å². The van der Waals surface area contributed by atoms with Gasteiger partial charge in [0.2, 0.25) is 0 Å². The van der Waals surface area contributed by atoms with Gasteiger partial charge in [-0.1, -0.05) is 60.7 Å². The van der Waals surface area contributed by atoms with Crippen molar-refractivity contribution in [1.82, 2.24) is 25.5 Å². The summed E-state index contributed by atoms with van der Waals surface area (Å²) < 4.78 is 6.75. The Kier molecular flexibility index (Phi) is 7.99. The number of rotatable bonds is 8. The van der Waals surface area contributed by atoms with E-state index < -0.39 is 6.09 Å². The van der Waals surface area contributed by atoms with Crippen LogP contribution in [0.3, 0.4) is 0 Å². The number of fused-ring (bicyclic) bond motifs is 1. The van der Waals surface area contributed by atoms with Crippen LogP contribution in [0.25, 0.3) is 22.0 Å². The molecule has 0 radical (unpaired) electrons. The van der Waals surface area contributed by atoms with Crippen LogP contribution in [-0.2, 0) is 6.54 Å². The molecule has 0 atom stereocenters. The molecule has 4 rings (SSSR count). The van der Waals surface area contributed by atoms with Crippen LogP contribution in [0, 0.1) is 0 Å². The number of urea groups is 1. The molecule has 0 saturated carbocycles. The van der Waals surface area contributed by atoms with Gasteiger partial charge in [0.15, 0.2) is 5.75 Å². The van der Waals surface area contributed by atoms with Gasteiger partial charge < -0.3 is 30.4 Å². The number of nitrogens with zero attached hydrogens (tertiary/aromatic N) is 2. The van der Waals surface area contributed by atoms with Crippen LogP contribution in [0.5, 0.6) is 11.6 Å². The summed E-state index contributed by atoms with van der Waals surface area (Å²) in [6, 6.07) is 19.8. The Labute approximate surface area is 212 Å². The van der Waals surface area contributed by atoms with Gasteiger partial charge >= 0.3 is 12.1 Å². The van der Waals surface area contributed by atoms with Gasteiger partial charge in [-0.15, -0.1) is 0 Å². The molecule has 2 aromatic carbocycles. The van der Waals surface area contributed by atoms with Gasteiger partial charge in [-0.3, -0.25) is 4.79 Å². The fourth-order valence-electron chi connectivity index (χ4n) is 3.81. The standard InChI is InChI=1S/C27H27N5O5/c1-2-28-26(35)29-13-14-30-27(36)37-24-23(33)21-15-20(19-11-7-4-8-12-19)25(34)32(22(21)16-31-24)17-18-9-5-3-6-10-18/h3-12,15-16,33H,2,13-14,17H2,1H3,(H,30,36)(H2,28,29,35). The Hall–Kier alpha value is -4.86. The molecular weight excluding hydrogens is 474 g/mol. The average Bonchev–Trinajstić information content (AvgIpc) is 2.91. The third-order valence-electron chi connectivity index (χ3n) is 5.57. The molecule has 3 amide bonds. The van der Waals surface area contributed by atoms with Crippen molar-refractivity contribution in [2.75, 3.05) is 19.6 Å². The molecule has 0 aliphatic carbocycles. The molecule has 0 saturated heterocycles. The van der Waals surface area contributed by atoms with E-state index in [4.69, 9.17) is 4.74 Å². The molecule has 0 bridgehead atoms. The number of amides is 3. The quantitative estimate of drug-likeness (QED) is 0.274. The van der Waals surface area contributed by atoms with Crippen LogP contribution >= 0.6 is 0 Å². The maximum atomic E-state index is 13.5. The number of benzene rings is 2. The van der Waals surface area contributed by atoms with Crippen molar-refractivity contribution in [3.8, 4) is 22.8 Å². The van der Waals surface area contributed by atoms with Crippen molar-refractivity contribution in [3.63, 3.8) is 0 Å². The molecule has 0 spiro atoms. The van der Waals surface area contributed by atoms with E-state index in [1.165, 1.54) is 10.8 Å². The summed E-state index contributed by atoms with van der Waals surface area (Å²) in [5, 5.41) is 19.0. The minimum absolute atomic E-state index is 0.110. The van der Waals surface area contributed by atoms with Gasteiger partial charge in [0.05, 0.1) is 18.3 Å². The van der Waals surface area contributed by atoms with Crippen LogP contribution in [0.4, 0.5) is 9.59 Å². The van der Waals surface area contributed by atoms with Crippen LogP contribution in [0.1, 0.15) is 12.5 Å². The van der Waals surface area contributed by atoms with Gasteiger partial charge in [0.25, 0.3) is 11.4 Å². The zero-order valence-corrected chi connectivity index (χ0v) is 20.2. The lowest BCUT2D eigenvalue weighted by Gasteiger charge is -2.15. The van der Waals surface area contributed by atoms with Gasteiger partial charge in [-0.2, -0.15) is 0 Å². The molecule has 0 unspecified atom stereocenters. The van der Waals surface area contributed by atoms with E-state index in [1.807, 2.05) is 60.7 Å². The first-order valence-corrected chi connectivity index (χ1v) is 11.8. The summed E-state index contributed by atoms with van der Waals surface area (Å²) in [5.74, 6) is -0.669. The summed E-state index contributed by atoms with van der Waals surface area (Å²) >= 11 is 0. The summed E-state index contributed by atoms with van der Waals surface area (Å²) in [4.78, 5) is 41.3. The maximum absolute atomic E-state index is 13.5. The van der Waals surface area contributed by atoms with Crippen LogP contribution in [0.15, 0.2) is 77.7 Å². The molecular formula is C27H27N5O5. The third-order valence-corrected chi connectivity index (χ3v) is 5.57. The summed E-state index contributed by atoms with van der Waals surface area (Å²) in [6.45, 7) is 2.84. The van der Waals surface area contributed by atoms with Crippen molar-refractivity contribution in [3.05, 3.63) is 88.8 Å². The van der Waals surface area contributed by atoms with Gasteiger partial charge in [-0.25, -0.2) is 14.6 Å². The van der Waals surface area contributed by atoms with Gasteiger partial charge in [0, 0.05) is 30.6 Å². The Balaban J connectivity index is 1.65. The Morgan fingerprint density at radius 1 is 0.973 bits per heavy atom. The highest BCUT2D eigenvalue weighted by Gasteiger charge is 2.19. The largest absolute Gasteiger partial charge is 0.503 e. The first-order chi connectivity index (χ1) is 18.0. The topological polar surface area (TPSA) is 135 Å². The van der Waals surface area contributed by atoms with Crippen molar-refractivity contribution in [1.29, 1.82) is 0 Å². The van der Waals surface area contributed by atoms with Crippen LogP contribution in [0.2, 0.25) is 0 Å². The van der Waals surface area contributed by atoms with E-state index in [0.29, 0.717) is 28.6 Å². The second-order valence-corrected chi connectivity index (χ2v) is 8.11. The predicted octanol–water partition coefficient (Wildman–Crippen LogP) is 3.22. The zero-order chi connectivity index (χ0) is 26.2. The number of ether oxygens (including phenoxy) is 1. The normalized spacial score (nSPS) is 10.6. The number of hydrogen-bond acceptors (Lipinski definition) is 6. The number of nitrogens with one attached hydrogen (secondary N) is 3. The van der Waals surface area contributed by atoms with Crippen molar-refractivity contribution in [2.45, 2.75) is 13.5 Å². The smallest absolute Gasteiger partial charge is 0.414 e. The molecule has 2 aromatic heterocycles. The molecule has 0 aliphatic heterocycles. The summed E-state index contributed by atoms with van der Waals surface area (Å²) in [6.07, 6.45) is 0.550. The van der Waals surface area contributed by atoms with E-state index in [-0.39, 0.29) is 42.9 Å². The van der Waals surface area contributed by atoms with E-state index >= 15 is 0 Å². The highest BCUT2D eigenvalue weighted by Crippen LogP contribution is 2.34. The molecule has 10 heteroatoms. The predicted molar refractivity (Wildman–Crippen MR) is 140 cm³/mol. The number of aromatic nitrogens is 2. The van der Waals surface area contributed by atoms with E-state index in [0.717, 1.165) is 5.56 Å². The SMILES string of the molecule is CCNC(=O)NCCNC(=O)Oc1ncc2c(cc(-c3ccccc3)c(=O)n2Cc2ccccc2)c1O. The van der Waals surface area contributed by atoms with Gasteiger partial charge in [0.1, 0.15) is 0 Å². The number of carbonyl (C=O) groups is 2. The number of aromatic hydroxyl groups is 1. The zero-order valence-electron chi connectivity index (χ0n) is 20.2. The average molecular weight is 502 g/mol. The maximum Gasteiger partial charge on any atom is 0.414 e. The van der Waals surface area contributed by atoms with E-state index in [2.05, 4.69) is 20.9 Å². The highest BCUT2D eigenvalue weighted by molar-refractivity contribution is 5.90. The monoisotopic (exact) mass is 501 g/mol. The Morgan fingerprint density at radius 3 is 2.35 bits per heavy atom. The van der Waals surface area contributed by atoms with Crippen LogP contribution in [-0.4, -0.2) is 46.4 Å². The summed E-state index contributed by atoms with van der Waals surface area (Å²) in [7, 11) is 0. The van der Waals surface area contributed by atoms with Crippen LogP contribution < -0.4 is 26.2 Å². The number of carbonyl (C=O) groups excluding carboxylic acids is 2. The highest BCUT2D eigenvalue weighted by atomic mass is 16.6. The number of hydrogen-bond donors (Lipinski definition) is 4. The molecule has 4 aromatic rings.